The Kier molecular flexibility index (Phi) is 5.97. The lowest BCUT2D eigenvalue weighted by Gasteiger charge is -2.34. The summed E-state index contributed by atoms with van der Waals surface area (Å²) < 4.78 is 6.39. The number of ether oxygens (including phenoxy) is 1. The lowest BCUT2D eigenvalue weighted by molar-refractivity contribution is 0.0622. The molecule has 1 fully saturated rings. The van der Waals surface area contributed by atoms with E-state index in [9.17, 15) is 4.79 Å². The van der Waals surface area contributed by atoms with Gasteiger partial charge < -0.3 is 9.64 Å². The SMILES string of the molecule is COc1cccc(-c2cc(C(=O)N3CCN(Cc4ccccc4Br)CC3)[nH]n2)c1. The highest BCUT2D eigenvalue weighted by Crippen LogP contribution is 2.23. The highest BCUT2D eigenvalue weighted by atomic mass is 79.9. The van der Waals surface area contributed by atoms with E-state index in [-0.39, 0.29) is 5.91 Å². The molecule has 2 heterocycles. The summed E-state index contributed by atoms with van der Waals surface area (Å²) in [6, 6.07) is 17.7. The second kappa shape index (κ2) is 8.80. The van der Waals surface area contributed by atoms with E-state index in [0.717, 1.165) is 41.1 Å². The number of benzene rings is 2. The molecule has 150 valence electrons. The largest absolute Gasteiger partial charge is 0.497 e. The van der Waals surface area contributed by atoms with Crippen LogP contribution in [0.2, 0.25) is 0 Å². The van der Waals surface area contributed by atoms with Crippen LogP contribution >= 0.6 is 15.9 Å². The zero-order valence-corrected chi connectivity index (χ0v) is 17.9. The van der Waals surface area contributed by atoms with Crippen molar-refractivity contribution in [2.75, 3.05) is 33.3 Å². The van der Waals surface area contributed by atoms with Crippen LogP contribution in [0.5, 0.6) is 5.75 Å². The van der Waals surface area contributed by atoms with Crippen LogP contribution in [-0.2, 0) is 6.54 Å². The van der Waals surface area contributed by atoms with Crippen molar-refractivity contribution < 1.29 is 9.53 Å². The highest BCUT2D eigenvalue weighted by molar-refractivity contribution is 9.10. The Morgan fingerprint density at radius 2 is 1.90 bits per heavy atom. The molecule has 1 amide bonds. The molecule has 1 aromatic heterocycles. The van der Waals surface area contributed by atoms with Gasteiger partial charge in [0.15, 0.2) is 0 Å². The minimum absolute atomic E-state index is 0.00723. The van der Waals surface area contributed by atoms with Gasteiger partial charge in [-0.2, -0.15) is 5.10 Å². The van der Waals surface area contributed by atoms with Crippen LogP contribution in [0, 0.1) is 0 Å². The number of aromatic nitrogens is 2. The van der Waals surface area contributed by atoms with Crippen LogP contribution in [0.25, 0.3) is 11.3 Å². The fourth-order valence-electron chi connectivity index (χ4n) is 3.51. The maximum Gasteiger partial charge on any atom is 0.271 e. The van der Waals surface area contributed by atoms with Crippen LogP contribution < -0.4 is 4.74 Å². The Hall–Kier alpha value is -2.64. The molecule has 0 unspecified atom stereocenters. The maximum absolute atomic E-state index is 12.9. The number of H-pyrrole nitrogens is 1. The first kappa shape index (κ1) is 19.7. The molecule has 0 spiro atoms. The van der Waals surface area contributed by atoms with Crippen LogP contribution in [0.4, 0.5) is 0 Å². The number of hydrogen-bond donors (Lipinski definition) is 1. The third-order valence-corrected chi connectivity index (χ3v) is 5.96. The van der Waals surface area contributed by atoms with Gasteiger partial charge in [-0.25, -0.2) is 0 Å². The number of halogens is 1. The van der Waals surface area contributed by atoms with Crippen molar-refractivity contribution in [3.05, 3.63) is 70.3 Å². The van der Waals surface area contributed by atoms with Crippen molar-refractivity contribution in [2.24, 2.45) is 0 Å². The van der Waals surface area contributed by atoms with Crippen molar-refractivity contribution in [1.29, 1.82) is 0 Å². The van der Waals surface area contributed by atoms with Gasteiger partial charge in [0.25, 0.3) is 5.91 Å². The number of hydrogen-bond acceptors (Lipinski definition) is 4. The van der Waals surface area contributed by atoms with E-state index >= 15 is 0 Å². The molecule has 7 heteroatoms. The van der Waals surface area contributed by atoms with Gasteiger partial charge >= 0.3 is 0 Å². The smallest absolute Gasteiger partial charge is 0.271 e. The Morgan fingerprint density at radius 3 is 2.66 bits per heavy atom. The second-order valence-electron chi connectivity index (χ2n) is 7.06. The Bertz CT molecular complexity index is 996. The molecule has 0 atom stereocenters. The van der Waals surface area contributed by atoms with Crippen LogP contribution in [0.15, 0.2) is 59.1 Å². The van der Waals surface area contributed by atoms with E-state index in [0.29, 0.717) is 18.8 Å². The van der Waals surface area contributed by atoms with Crippen molar-refractivity contribution in [3.63, 3.8) is 0 Å². The Labute approximate surface area is 178 Å². The van der Waals surface area contributed by atoms with Gasteiger partial charge in [0, 0.05) is 42.8 Å². The number of rotatable bonds is 5. The van der Waals surface area contributed by atoms with E-state index in [2.05, 4.69) is 49.2 Å². The predicted molar refractivity (Wildman–Crippen MR) is 116 cm³/mol. The molecule has 2 aromatic carbocycles. The molecule has 0 saturated carbocycles. The third kappa shape index (κ3) is 4.52. The average Bonchev–Trinajstić information content (AvgIpc) is 3.26. The summed E-state index contributed by atoms with van der Waals surface area (Å²) in [4.78, 5) is 17.2. The van der Waals surface area contributed by atoms with E-state index in [1.807, 2.05) is 41.3 Å². The fraction of sp³-hybridized carbons (Fsp3) is 0.273. The topological polar surface area (TPSA) is 61.5 Å². The molecule has 29 heavy (non-hydrogen) atoms. The summed E-state index contributed by atoms with van der Waals surface area (Å²) in [7, 11) is 1.63. The Morgan fingerprint density at radius 1 is 1.10 bits per heavy atom. The number of amides is 1. The fourth-order valence-corrected chi connectivity index (χ4v) is 3.92. The first-order valence-electron chi connectivity index (χ1n) is 9.59. The van der Waals surface area contributed by atoms with Gasteiger partial charge in [0.1, 0.15) is 11.4 Å². The second-order valence-corrected chi connectivity index (χ2v) is 7.91. The minimum atomic E-state index is -0.00723. The van der Waals surface area contributed by atoms with Gasteiger partial charge in [-0.15, -0.1) is 0 Å². The summed E-state index contributed by atoms with van der Waals surface area (Å²) in [5, 5.41) is 7.21. The number of piperazine rings is 1. The number of nitrogens with zero attached hydrogens (tertiary/aromatic N) is 3. The molecule has 1 aliphatic rings. The van der Waals surface area contributed by atoms with Gasteiger partial charge in [-0.1, -0.05) is 46.3 Å². The van der Waals surface area contributed by atoms with Crippen LogP contribution in [0.3, 0.4) is 0 Å². The van der Waals surface area contributed by atoms with E-state index < -0.39 is 0 Å². The molecule has 0 aliphatic carbocycles. The number of nitrogens with one attached hydrogen (secondary N) is 1. The van der Waals surface area contributed by atoms with Crippen molar-refractivity contribution in [3.8, 4) is 17.0 Å². The van der Waals surface area contributed by atoms with E-state index in [4.69, 9.17) is 4.74 Å². The normalized spacial score (nSPS) is 14.8. The molecule has 1 saturated heterocycles. The van der Waals surface area contributed by atoms with Crippen molar-refractivity contribution in [2.45, 2.75) is 6.54 Å². The highest BCUT2D eigenvalue weighted by Gasteiger charge is 2.24. The predicted octanol–water partition coefficient (Wildman–Crippen LogP) is 3.81. The summed E-state index contributed by atoms with van der Waals surface area (Å²) in [5.74, 6) is 0.756. The quantitative estimate of drug-likeness (QED) is 0.636. The average molecular weight is 455 g/mol. The number of aromatic amines is 1. The van der Waals surface area contributed by atoms with Gasteiger partial charge in [-0.05, 0) is 29.8 Å². The van der Waals surface area contributed by atoms with Crippen LogP contribution in [0.1, 0.15) is 16.1 Å². The standard InChI is InChI=1S/C22H23BrN4O2/c1-29-18-7-4-6-16(13-18)20-14-21(25-24-20)22(28)27-11-9-26(10-12-27)15-17-5-2-3-8-19(17)23/h2-8,13-14H,9-12,15H2,1H3,(H,24,25). The maximum atomic E-state index is 12.9. The number of carbonyl (C=O) groups excluding carboxylic acids is 1. The molecule has 3 aromatic rings. The molecule has 0 radical (unpaired) electrons. The van der Waals surface area contributed by atoms with E-state index in [1.54, 1.807) is 7.11 Å². The van der Waals surface area contributed by atoms with Gasteiger partial charge in [0.05, 0.1) is 12.8 Å². The lowest BCUT2D eigenvalue weighted by Crippen LogP contribution is -2.48. The lowest BCUT2D eigenvalue weighted by atomic mass is 10.1. The zero-order chi connectivity index (χ0) is 20.2. The van der Waals surface area contributed by atoms with E-state index in [1.165, 1.54) is 5.56 Å². The molecule has 4 rings (SSSR count). The van der Waals surface area contributed by atoms with Gasteiger partial charge in [-0.3, -0.25) is 14.8 Å². The Balaban J connectivity index is 1.37. The van der Waals surface area contributed by atoms with Crippen LogP contribution in [-0.4, -0.2) is 59.2 Å². The zero-order valence-electron chi connectivity index (χ0n) is 16.3. The molecule has 6 nitrogen and oxygen atoms in total. The summed E-state index contributed by atoms with van der Waals surface area (Å²) in [6.07, 6.45) is 0. The molecule has 1 aliphatic heterocycles. The first-order valence-corrected chi connectivity index (χ1v) is 10.4. The minimum Gasteiger partial charge on any atom is -0.497 e. The number of methoxy groups -OCH3 is 1. The summed E-state index contributed by atoms with van der Waals surface area (Å²) in [5.41, 5.74) is 3.43. The number of carbonyl (C=O) groups is 1. The summed E-state index contributed by atoms with van der Waals surface area (Å²) in [6.45, 7) is 4.00. The van der Waals surface area contributed by atoms with Gasteiger partial charge in [0.2, 0.25) is 0 Å². The third-order valence-electron chi connectivity index (χ3n) is 5.19. The summed E-state index contributed by atoms with van der Waals surface area (Å²) >= 11 is 3.61. The molecular formula is C22H23BrN4O2. The molecule has 1 N–H and O–H groups in total. The molecular weight excluding hydrogens is 432 g/mol. The monoisotopic (exact) mass is 454 g/mol. The van der Waals surface area contributed by atoms with Crippen molar-refractivity contribution in [1.82, 2.24) is 20.0 Å². The van der Waals surface area contributed by atoms with Crippen molar-refractivity contribution >= 4 is 21.8 Å². The first-order chi connectivity index (χ1) is 14.1. The molecule has 0 bridgehead atoms.